The molecule has 2 aliphatic rings. The smallest absolute Gasteiger partial charge is 0.138 e. The first-order chi connectivity index (χ1) is 26.3. The van der Waals surface area contributed by atoms with E-state index >= 15 is 0 Å². The average molecular weight is 879 g/mol. The summed E-state index contributed by atoms with van der Waals surface area (Å²) < 4.78 is 12.5. The van der Waals surface area contributed by atoms with E-state index in [-0.39, 0.29) is 24.8 Å². The number of nitrogens with one attached hydrogen (secondary N) is 2. The zero-order chi connectivity index (χ0) is 37.6. The Hall–Kier alpha value is -3.20. The van der Waals surface area contributed by atoms with Crippen LogP contribution in [0, 0.1) is 13.8 Å². The number of likely N-dealkylation sites (tertiary alicyclic amines) is 2. The molecule has 56 heavy (non-hydrogen) atoms. The second-order valence-corrected chi connectivity index (χ2v) is 17.0. The molecule has 2 saturated heterocycles. The van der Waals surface area contributed by atoms with Crippen LogP contribution in [0.2, 0.25) is 8.67 Å². The Balaban J connectivity index is 0.000000207. The van der Waals surface area contributed by atoms with Crippen molar-refractivity contribution < 1.29 is 9.47 Å². The van der Waals surface area contributed by atoms with Crippen molar-refractivity contribution in [1.82, 2.24) is 29.7 Å². The molecule has 2 aliphatic heterocycles. The molecule has 4 aromatic heterocycles. The largest absolute Gasteiger partial charge is 0.496 e. The second kappa shape index (κ2) is 20.5. The lowest BCUT2D eigenvalue weighted by Crippen LogP contribution is -2.38. The van der Waals surface area contributed by atoms with Gasteiger partial charge in [0, 0.05) is 62.5 Å². The van der Waals surface area contributed by atoms with Crippen LogP contribution in [0.1, 0.15) is 47.9 Å². The van der Waals surface area contributed by atoms with E-state index in [1.165, 1.54) is 33.8 Å². The quantitative estimate of drug-likeness (QED) is 0.138. The van der Waals surface area contributed by atoms with Crippen LogP contribution in [-0.4, -0.2) is 82.2 Å². The number of rotatable bonds is 10. The van der Waals surface area contributed by atoms with Gasteiger partial charge in [0.2, 0.25) is 0 Å². The highest BCUT2D eigenvalue weighted by molar-refractivity contribution is 7.23. The van der Waals surface area contributed by atoms with Crippen LogP contribution in [0.3, 0.4) is 0 Å². The average Bonchev–Trinajstić information content (AvgIpc) is 3.66. The number of benzene rings is 2. The number of halogens is 4. The standard InChI is InChI=1S/2C20H23ClN4OS.2ClH/c2*1-13-17-19(22-12-23-20(17)27-18(13)21)24-15-7-9-25(10-8-15)11-14-5-3-4-6-16(14)26-2;;/h2*3-6,12,15H,7-11H2,1-2H3,(H,22,23,24);2*1H. The van der Waals surface area contributed by atoms with Crippen LogP contribution in [-0.2, 0) is 13.1 Å². The molecule has 6 aromatic rings. The summed E-state index contributed by atoms with van der Waals surface area (Å²) in [5.41, 5.74) is 4.61. The van der Waals surface area contributed by atoms with Crippen LogP contribution in [0.15, 0.2) is 61.2 Å². The third kappa shape index (κ3) is 10.3. The van der Waals surface area contributed by atoms with E-state index in [0.29, 0.717) is 12.1 Å². The topological polar surface area (TPSA) is 101 Å². The van der Waals surface area contributed by atoms with Gasteiger partial charge in [-0.15, -0.1) is 47.5 Å². The molecule has 2 fully saturated rings. The minimum atomic E-state index is 0. The number of aromatic nitrogens is 4. The fourth-order valence-electron chi connectivity index (χ4n) is 7.31. The second-order valence-electron chi connectivity index (χ2n) is 13.8. The molecule has 6 heterocycles. The fraction of sp³-hybridized carbons (Fsp3) is 0.400. The van der Waals surface area contributed by atoms with Crippen molar-refractivity contribution in [3.8, 4) is 11.5 Å². The molecule has 0 unspecified atom stereocenters. The van der Waals surface area contributed by atoms with Crippen molar-refractivity contribution in [2.24, 2.45) is 0 Å². The summed E-state index contributed by atoms with van der Waals surface area (Å²) in [6, 6.07) is 17.3. The fourth-order valence-corrected chi connectivity index (χ4v) is 9.70. The Bertz CT molecular complexity index is 2040. The maximum atomic E-state index is 6.29. The maximum Gasteiger partial charge on any atom is 0.138 e. The van der Waals surface area contributed by atoms with Gasteiger partial charge in [-0.2, -0.15) is 0 Å². The van der Waals surface area contributed by atoms with Crippen LogP contribution in [0.25, 0.3) is 20.4 Å². The molecule has 0 atom stereocenters. The highest BCUT2D eigenvalue weighted by Gasteiger charge is 2.24. The normalized spacial score (nSPS) is 15.4. The number of anilines is 2. The van der Waals surface area contributed by atoms with E-state index in [9.17, 15) is 0 Å². The monoisotopic (exact) mass is 876 g/mol. The molecule has 0 radical (unpaired) electrons. The van der Waals surface area contributed by atoms with Gasteiger partial charge in [0.05, 0.1) is 33.7 Å². The van der Waals surface area contributed by atoms with E-state index < -0.39 is 0 Å². The first kappa shape index (κ1) is 43.9. The summed E-state index contributed by atoms with van der Waals surface area (Å²) in [6.07, 6.45) is 7.56. The number of aryl methyl sites for hydroxylation is 2. The Kier molecular flexibility index (Phi) is 16.1. The first-order valence-electron chi connectivity index (χ1n) is 18.3. The number of ether oxygens (including phenoxy) is 2. The Morgan fingerprint density at radius 3 is 1.38 bits per heavy atom. The molecule has 0 bridgehead atoms. The molecule has 0 saturated carbocycles. The van der Waals surface area contributed by atoms with E-state index in [4.69, 9.17) is 32.7 Å². The maximum absolute atomic E-state index is 6.29. The van der Waals surface area contributed by atoms with Crippen molar-refractivity contribution in [3.05, 3.63) is 92.1 Å². The number of thiophene rings is 2. The van der Waals surface area contributed by atoms with Gasteiger partial charge in [-0.25, -0.2) is 19.9 Å². The lowest BCUT2D eigenvalue weighted by molar-refractivity contribution is 0.209. The summed E-state index contributed by atoms with van der Waals surface area (Å²) >= 11 is 15.6. The molecular formula is C40H48Cl4N8O2S2. The van der Waals surface area contributed by atoms with Gasteiger partial charge in [-0.1, -0.05) is 59.6 Å². The highest BCUT2D eigenvalue weighted by Crippen LogP contribution is 2.38. The highest BCUT2D eigenvalue weighted by atomic mass is 35.5. The zero-order valence-corrected chi connectivity index (χ0v) is 36.7. The summed E-state index contributed by atoms with van der Waals surface area (Å²) in [5.74, 6) is 3.74. The lowest BCUT2D eigenvalue weighted by Gasteiger charge is -2.33. The van der Waals surface area contributed by atoms with Gasteiger partial charge in [0.25, 0.3) is 0 Å². The molecular weight excluding hydrogens is 830 g/mol. The minimum absolute atomic E-state index is 0. The van der Waals surface area contributed by atoms with Crippen molar-refractivity contribution in [3.63, 3.8) is 0 Å². The summed E-state index contributed by atoms with van der Waals surface area (Å²) in [6.45, 7) is 10.1. The van der Waals surface area contributed by atoms with Gasteiger partial charge in [0.15, 0.2) is 0 Å². The van der Waals surface area contributed by atoms with Gasteiger partial charge in [-0.05, 0) is 62.8 Å². The Morgan fingerprint density at radius 2 is 1.00 bits per heavy atom. The molecule has 0 aliphatic carbocycles. The zero-order valence-electron chi connectivity index (χ0n) is 31.9. The number of hydrogen-bond acceptors (Lipinski definition) is 12. The number of fused-ring (bicyclic) bond motifs is 2. The number of methoxy groups -OCH3 is 2. The number of hydrogen-bond donors (Lipinski definition) is 2. The number of para-hydroxylation sites is 2. The predicted molar refractivity (Wildman–Crippen MR) is 239 cm³/mol. The molecule has 10 nitrogen and oxygen atoms in total. The molecule has 8 rings (SSSR count). The van der Waals surface area contributed by atoms with Crippen molar-refractivity contribution in [2.75, 3.05) is 51.0 Å². The third-order valence-corrected chi connectivity index (χ3v) is 13.4. The minimum Gasteiger partial charge on any atom is -0.496 e. The summed E-state index contributed by atoms with van der Waals surface area (Å²) in [5, 5.41) is 9.38. The molecule has 300 valence electrons. The predicted octanol–water partition coefficient (Wildman–Crippen LogP) is 10.3. The van der Waals surface area contributed by atoms with Crippen molar-refractivity contribution in [2.45, 2.75) is 64.7 Å². The SMILES string of the molecule is COc1ccccc1CN1CCC(Nc2ncnc3sc(Cl)c(C)c23)CC1.COc1ccccc1CN1CCC(Nc2ncnc3sc(Cl)c(C)c23)CC1.Cl.Cl. The Labute approximate surface area is 359 Å². The van der Waals surface area contributed by atoms with Crippen molar-refractivity contribution >= 4 is 103 Å². The van der Waals surface area contributed by atoms with Gasteiger partial charge in [-0.3, -0.25) is 9.80 Å². The molecule has 2 N–H and O–H groups in total. The van der Waals surface area contributed by atoms with E-state index in [0.717, 1.165) is 128 Å². The third-order valence-electron chi connectivity index (χ3n) is 10.4. The molecule has 2 aromatic carbocycles. The van der Waals surface area contributed by atoms with Crippen LogP contribution >= 0.6 is 70.7 Å². The molecule has 0 amide bonds. The van der Waals surface area contributed by atoms with Crippen LogP contribution in [0.4, 0.5) is 11.6 Å². The molecule has 0 spiro atoms. The van der Waals surface area contributed by atoms with Gasteiger partial charge in [0.1, 0.15) is 45.5 Å². The first-order valence-corrected chi connectivity index (χ1v) is 20.7. The van der Waals surface area contributed by atoms with E-state index in [1.54, 1.807) is 26.9 Å². The van der Waals surface area contributed by atoms with Crippen LogP contribution in [0.5, 0.6) is 11.5 Å². The van der Waals surface area contributed by atoms with Crippen LogP contribution < -0.4 is 20.1 Å². The van der Waals surface area contributed by atoms with E-state index in [1.807, 2.05) is 38.1 Å². The van der Waals surface area contributed by atoms with Crippen molar-refractivity contribution in [1.29, 1.82) is 0 Å². The summed E-state index contributed by atoms with van der Waals surface area (Å²) in [7, 11) is 3.46. The van der Waals surface area contributed by atoms with Gasteiger partial charge < -0.3 is 20.1 Å². The number of piperidine rings is 2. The lowest BCUT2D eigenvalue weighted by atomic mass is 10.0. The Morgan fingerprint density at radius 1 is 0.625 bits per heavy atom. The van der Waals surface area contributed by atoms with Gasteiger partial charge >= 0.3 is 0 Å². The summed E-state index contributed by atoms with van der Waals surface area (Å²) in [4.78, 5) is 24.5. The number of nitrogens with zero attached hydrogens (tertiary/aromatic N) is 6. The molecule has 16 heteroatoms. The van der Waals surface area contributed by atoms with E-state index in [2.05, 4.69) is 64.6 Å².